The van der Waals surface area contributed by atoms with Crippen LogP contribution in [0, 0.1) is 0 Å². The first-order chi connectivity index (χ1) is 12.0. The molecule has 6 nitrogen and oxygen atoms in total. The number of ether oxygens (including phenoxy) is 1. The number of hydrogen-bond acceptors (Lipinski definition) is 4. The van der Waals surface area contributed by atoms with Crippen molar-refractivity contribution in [2.75, 3.05) is 39.3 Å². The summed E-state index contributed by atoms with van der Waals surface area (Å²) < 4.78 is 5.55. The van der Waals surface area contributed by atoms with E-state index in [2.05, 4.69) is 5.32 Å². The van der Waals surface area contributed by atoms with E-state index in [4.69, 9.17) is 16.3 Å². The quantitative estimate of drug-likeness (QED) is 0.830. The molecule has 0 spiro atoms. The number of piperazine rings is 1. The number of rotatable bonds is 3. The highest BCUT2D eigenvalue weighted by atomic mass is 35.5. The number of amides is 2. The van der Waals surface area contributed by atoms with Crippen molar-refractivity contribution in [1.82, 2.24) is 15.1 Å². The molecular formula is C18H25Cl2N3O3. The third kappa shape index (κ3) is 5.10. The van der Waals surface area contributed by atoms with E-state index in [1.165, 1.54) is 0 Å². The van der Waals surface area contributed by atoms with Crippen molar-refractivity contribution in [2.24, 2.45) is 0 Å². The van der Waals surface area contributed by atoms with Crippen molar-refractivity contribution >= 4 is 35.8 Å². The Balaban J connectivity index is 0.00000243. The van der Waals surface area contributed by atoms with E-state index >= 15 is 0 Å². The molecule has 2 aliphatic heterocycles. The fourth-order valence-corrected chi connectivity index (χ4v) is 3.40. The van der Waals surface area contributed by atoms with Gasteiger partial charge in [0.15, 0.2) is 0 Å². The molecule has 0 radical (unpaired) electrons. The van der Waals surface area contributed by atoms with Gasteiger partial charge < -0.3 is 19.9 Å². The molecule has 2 amide bonds. The van der Waals surface area contributed by atoms with Crippen molar-refractivity contribution in [3.63, 3.8) is 0 Å². The lowest BCUT2D eigenvalue weighted by Crippen LogP contribution is -2.60. The van der Waals surface area contributed by atoms with Crippen molar-refractivity contribution < 1.29 is 14.3 Å². The summed E-state index contributed by atoms with van der Waals surface area (Å²) in [6, 6.07) is 7.04. The van der Waals surface area contributed by atoms with Crippen LogP contribution < -0.4 is 5.32 Å². The number of hydrogen-bond donors (Lipinski definition) is 1. The maximum absolute atomic E-state index is 12.6. The summed E-state index contributed by atoms with van der Waals surface area (Å²) in [7, 11) is 0. The highest BCUT2D eigenvalue weighted by Gasteiger charge is 2.33. The van der Waals surface area contributed by atoms with Gasteiger partial charge in [-0.1, -0.05) is 23.7 Å². The Hall–Kier alpha value is -1.34. The Labute approximate surface area is 165 Å². The standard InChI is InChI=1S/C18H24ClN3O3.ClH/c1-13-17(20-6-11-25-13)18(24)22-9-7-21(8-10-22)16(23)12-14-2-4-15(19)5-3-14;/h2-5,13,17,20H,6-12H2,1H3;1H/t13-,17+;/m1./s1. The van der Waals surface area contributed by atoms with Crippen molar-refractivity contribution in [1.29, 1.82) is 0 Å². The Kier molecular flexibility index (Phi) is 7.70. The van der Waals surface area contributed by atoms with Crippen LogP contribution in [0.1, 0.15) is 12.5 Å². The van der Waals surface area contributed by atoms with Crippen molar-refractivity contribution in [3.05, 3.63) is 34.9 Å². The average molecular weight is 402 g/mol. The summed E-state index contributed by atoms with van der Waals surface area (Å²) in [6.07, 6.45) is 0.242. The summed E-state index contributed by atoms with van der Waals surface area (Å²) in [5, 5.41) is 3.89. The predicted octanol–water partition coefficient (Wildman–Crippen LogP) is 1.35. The molecule has 2 fully saturated rings. The summed E-state index contributed by atoms with van der Waals surface area (Å²) >= 11 is 5.87. The largest absolute Gasteiger partial charge is 0.375 e. The van der Waals surface area contributed by atoms with Crippen LogP contribution in [0.25, 0.3) is 0 Å². The molecule has 1 aromatic rings. The lowest BCUT2D eigenvalue weighted by Gasteiger charge is -2.38. The van der Waals surface area contributed by atoms with Gasteiger partial charge in [-0.05, 0) is 24.6 Å². The molecule has 3 rings (SSSR count). The highest BCUT2D eigenvalue weighted by Crippen LogP contribution is 2.13. The van der Waals surface area contributed by atoms with Crippen LogP contribution in [0.4, 0.5) is 0 Å². The molecule has 2 aliphatic rings. The van der Waals surface area contributed by atoms with E-state index < -0.39 is 0 Å². The van der Waals surface area contributed by atoms with Crippen LogP contribution in [0.2, 0.25) is 5.02 Å². The molecular weight excluding hydrogens is 377 g/mol. The first-order valence-corrected chi connectivity index (χ1v) is 9.08. The van der Waals surface area contributed by atoms with Gasteiger partial charge in [-0.25, -0.2) is 0 Å². The molecule has 0 aromatic heterocycles. The fourth-order valence-electron chi connectivity index (χ4n) is 3.27. The fraction of sp³-hybridized carbons (Fsp3) is 0.556. The molecule has 1 N–H and O–H groups in total. The van der Waals surface area contributed by atoms with Crippen molar-refractivity contribution in [2.45, 2.75) is 25.5 Å². The number of morpholine rings is 1. The molecule has 2 atom stereocenters. The van der Waals surface area contributed by atoms with Gasteiger partial charge in [0.25, 0.3) is 0 Å². The Morgan fingerprint density at radius 2 is 1.77 bits per heavy atom. The van der Waals surface area contributed by atoms with E-state index in [1.807, 2.05) is 28.9 Å². The molecule has 2 saturated heterocycles. The third-order valence-corrected chi connectivity index (χ3v) is 5.05. The number of nitrogens with one attached hydrogen (secondary N) is 1. The normalized spacial score (nSPS) is 23.3. The van der Waals surface area contributed by atoms with Gasteiger partial charge >= 0.3 is 0 Å². The number of carbonyl (C=O) groups excluding carboxylic acids is 2. The zero-order chi connectivity index (χ0) is 17.8. The minimum absolute atomic E-state index is 0. The summed E-state index contributed by atoms with van der Waals surface area (Å²) in [6.45, 7) is 5.52. The minimum atomic E-state index is -0.287. The number of halogens is 2. The summed E-state index contributed by atoms with van der Waals surface area (Å²) in [4.78, 5) is 28.7. The first kappa shape index (κ1) is 21.0. The van der Waals surface area contributed by atoms with E-state index in [1.54, 1.807) is 12.1 Å². The van der Waals surface area contributed by atoms with Gasteiger partial charge in [0.1, 0.15) is 6.04 Å². The van der Waals surface area contributed by atoms with E-state index in [0.29, 0.717) is 50.8 Å². The van der Waals surface area contributed by atoms with Gasteiger partial charge in [0.05, 0.1) is 19.1 Å². The lowest BCUT2D eigenvalue weighted by molar-refractivity contribution is -0.144. The van der Waals surface area contributed by atoms with Crippen LogP contribution in [0.3, 0.4) is 0 Å². The molecule has 1 aromatic carbocycles. The van der Waals surface area contributed by atoms with Crippen LogP contribution in [0.5, 0.6) is 0 Å². The van der Waals surface area contributed by atoms with Crippen LogP contribution in [0.15, 0.2) is 24.3 Å². The Bertz CT molecular complexity index is 619. The zero-order valence-corrected chi connectivity index (χ0v) is 16.4. The number of carbonyl (C=O) groups is 2. The van der Waals surface area contributed by atoms with Gasteiger partial charge in [-0.3, -0.25) is 9.59 Å². The lowest BCUT2D eigenvalue weighted by atomic mass is 10.1. The highest BCUT2D eigenvalue weighted by molar-refractivity contribution is 6.30. The maximum atomic E-state index is 12.6. The molecule has 26 heavy (non-hydrogen) atoms. The number of nitrogens with zero attached hydrogens (tertiary/aromatic N) is 2. The van der Waals surface area contributed by atoms with Crippen LogP contribution >= 0.6 is 24.0 Å². The molecule has 0 saturated carbocycles. The van der Waals surface area contributed by atoms with Gasteiger partial charge in [-0.2, -0.15) is 0 Å². The SMILES string of the molecule is C[C@H]1OCCN[C@@H]1C(=O)N1CCN(C(=O)Cc2ccc(Cl)cc2)CC1.Cl. The monoisotopic (exact) mass is 401 g/mol. The predicted molar refractivity (Wildman–Crippen MR) is 103 cm³/mol. The van der Waals surface area contributed by atoms with Gasteiger partial charge in [0, 0.05) is 37.7 Å². The second kappa shape index (κ2) is 9.55. The Morgan fingerprint density at radius 1 is 1.15 bits per heavy atom. The van der Waals surface area contributed by atoms with Crippen LogP contribution in [-0.4, -0.2) is 73.1 Å². The zero-order valence-electron chi connectivity index (χ0n) is 14.8. The molecule has 2 heterocycles. The molecule has 8 heteroatoms. The molecule has 0 aliphatic carbocycles. The average Bonchev–Trinajstić information content (AvgIpc) is 2.63. The van der Waals surface area contributed by atoms with E-state index in [0.717, 1.165) is 5.56 Å². The molecule has 144 valence electrons. The third-order valence-electron chi connectivity index (χ3n) is 4.80. The minimum Gasteiger partial charge on any atom is -0.375 e. The Morgan fingerprint density at radius 3 is 2.38 bits per heavy atom. The second-order valence-electron chi connectivity index (χ2n) is 6.52. The second-order valence-corrected chi connectivity index (χ2v) is 6.95. The summed E-state index contributed by atoms with van der Waals surface area (Å²) in [5.74, 6) is 0.152. The molecule has 0 bridgehead atoms. The smallest absolute Gasteiger partial charge is 0.242 e. The van der Waals surface area contributed by atoms with Crippen molar-refractivity contribution in [3.8, 4) is 0 Å². The van der Waals surface area contributed by atoms with E-state index in [-0.39, 0.29) is 36.4 Å². The first-order valence-electron chi connectivity index (χ1n) is 8.70. The van der Waals surface area contributed by atoms with Crippen LogP contribution in [-0.2, 0) is 20.7 Å². The summed E-state index contributed by atoms with van der Waals surface area (Å²) in [5.41, 5.74) is 0.949. The van der Waals surface area contributed by atoms with Gasteiger partial charge in [0.2, 0.25) is 11.8 Å². The van der Waals surface area contributed by atoms with Gasteiger partial charge in [-0.15, -0.1) is 12.4 Å². The van der Waals surface area contributed by atoms with E-state index in [9.17, 15) is 9.59 Å². The molecule has 0 unspecified atom stereocenters. The maximum Gasteiger partial charge on any atom is 0.242 e. The topological polar surface area (TPSA) is 61.9 Å². The number of benzene rings is 1.